The maximum atomic E-state index is 12.9. The van der Waals surface area contributed by atoms with Crippen LogP contribution in [-0.4, -0.2) is 40.7 Å². The number of halogens is 3. The zero-order valence-electron chi connectivity index (χ0n) is 13.3. The van der Waals surface area contributed by atoms with E-state index in [2.05, 4.69) is 6.58 Å². The predicted octanol–water partition coefficient (Wildman–Crippen LogP) is 3.14. The minimum atomic E-state index is -4.81. The topological polar surface area (TPSA) is 55.8 Å². The second-order valence-electron chi connectivity index (χ2n) is 6.04. The van der Waals surface area contributed by atoms with E-state index in [0.717, 1.165) is 0 Å². The van der Waals surface area contributed by atoms with Crippen LogP contribution in [0.5, 0.6) is 0 Å². The molecular formula is C15H23F3O4. The number of hydrogen-bond donors (Lipinski definition) is 1. The lowest BCUT2D eigenvalue weighted by Gasteiger charge is -2.50. The van der Waals surface area contributed by atoms with Crippen LogP contribution in [0.4, 0.5) is 13.2 Å². The highest BCUT2D eigenvalue weighted by molar-refractivity contribution is 5.87. The monoisotopic (exact) mass is 324 g/mol. The Bertz CT molecular complexity index is 441. The smallest absolute Gasteiger partial charge is 0.419 e. The Labute approximate surface area is 128 Å². The fourth-order valence-electron chi connectivity index (χ4n) is 2.30. The van der Waals surface area contributed by atoms with Crippen LogP contribution < -0.4 is 0 Å². The third-order valence-corrected chi connectivity index (χ3v) is 4.39. The molecule has 0 aromatic heterocycles. The van der Waals surface area contributed by atoms with Crippen molar-refractivity contribution in [2.75, 3.05) is 0 Å². The third kappa shape index (κ3) is 3.46. The van der Waals surface area contributed by atoms with Crippen LogP contribution in [0.1, 0.15) is 47.0 Å². The highest BCUT2D eigenvalue weighted by atomic mass is 19.4. The van der Waals surface area contributed by atoms with Crippen molar-refractivity contribution in [1.29, 1.82) is 0 Å². The molecule has 1 saturated carbocycles. The Morgan fingerprint density at radius 3 is 2.36 bits per heavy atom. The first kappa shape index (κ1) is 19.0. The van der Waals surface area contributed by atoms with Crippen molar-refractivity contribution >= 4 is 5.97 Å². The minimum absolute atomic E-state index is 0.215. The number of hydrogen-bond acceptors (Lipinski definition) is 4. The van der Waals surface area contributed by atoms with E-state index in [1.54, 1.807) is 6.92 Å². The number of alkyl halides is 3. The molecule has 1 rings (SSSR count). The molecule has 1 N–H and O–H groups in total. The highest BCUT2D eigenvalue weighted by Gasteiger charge is 2.58. The normalized spacial score (nSPS) is 29.2. The van der Waals surface area contributed by atoms with Gasteiger partial charge in [-0.1, -0.05) is 13.5 Å². The van der Waals surface area contributed by atoms with Gasteiger partial charge in [-0.05, 0) is 40.0 Å². The van der Waals surface area contributed by atoms with Gasteiger partial charge in [0.15, 0.2) is 5.60 Å². The van der Waals surface area contributed by atoms with Crippen molar-refractivity contribution in [3.05, 3.63) is 12.2 Å². The van der Waals surface area contributed by atoms with Crippen LogP contribution in [0.2, 0.25) is 0 Å². The van der Waals surface area contributed by atoms with Gasteiger partial charge >= 0.3 is 12.1 Å². The summed E-state index contributed by atoms with van der Waals surface area (Å²) in [6.45, 7) is 8.55. The van der Waals surface area contributed by atoms with E-state index in [1.807, 2.05) is 0 Å². The first-order valence-electron chi connectivity index (χ1n) is 7.21. The van der Waals surface area contributed by atoms with Gasteiger partial charge in [0.1, 0.15) is 11.7 Å². The molecule has 0 spiro atoms. The van der Waals surface area contributed by atoms with E-state index in [4.69, 9.17) is 9.47 Å². The van der Waals surface area contributed by atoms with Gasteiger partial charge in [-0.3, -0.25) is 0 Å². The molecule has 0 heterocycles. The van der Waals surface area contributed by atoms with Crippen molar-refractivity contribution in [2.45, 2.75) is 76.5 Å². The summed E-state index contributed by atoms with van der Waals surface area (Å²) in [6.07, 6.45) is -5.58. The Morgan fingerprint density at radius 1 is 1.50 bits per heavy atom. The summed E-state index contributed by atoms with van der Waals surface area (Å²) in [7, 11) is 0. The van der Waals surface area contributed by atoms with Gasteiger partial charge in [0, 0.05) is 5.57 Å². The minimum Gasteiger partial charge on any atom is -0.456 e. The van der Waals surface area contributed by atoms with E-state index in [-0.39, 0.29) is 5.57 Å². The molecule has 22 heavy (non-hydrogen) atoms. The van der Waals surface area contributed by atoms with Crippen LogP contribution in [0.3, 0.4) is 0 Å². The predicted molar refractivity (Wildman–Crippen MR) is 74.2 cm³/mol. The summed E-state index contributed by atoms with van der Waals surface area (Å²) in [5, 5.41) is 9.68. The van der Waals surface area contributed by atoms with Crippen LogP contribution in [-0.2, 0) is 14.3 Å². The van der Waals surface area contributed by atoms with Crippen molar-refractivity contribution < 1.29 is 32.5 Å². The van der Waals surface area contributed by atoms with Crippen molar-refractivity contribution in [3.8, 4) is 0 Å². The van der Waals surface area contributed by atoms with E-state index in [9.17, 15) is 23.1 Å². The summed E-state index contributed by atoms with van der Waals surface area (Å²) in [5.41, 5.74) is -3.76. The second kappa shape index (κ2) is 6.20. The molecule has 1 fully saturated rings. The Morgan fingerprint density at radius 2 is 2.05 bits per heavy atom. The lowest BCUT2D eigenvalue weighted by atomic mass is 9.74. The van der Waals surface area contributed by atoms with Gasteiger partial charge in [0.05, 0.1) is 6.10 Å². The fraction of sp³-hybridized carbons (Fsp3) is 0.800. The average molecular weight is 324 g/mol. The molecule has 0 aliphatic heterocycles. The van der Waals surface area contributed by atoms with Crippen LogP contribution in [0, 0.1) is 0 Å². The zero-order chi connectivity index (χ0) is 17.3. The quantitative estimate of drug-likeness (QED) is 0.602. The Kier molecular flexibility index (Phi) is 5.34. The Balaban J connectivity index is 2.84. The number of esters is 1. The maximum absolute atomic E-state index is 12.9. The van der Waals surface area contributed by atoms with Crippen LogP contribution in [0.25, 0.3) is 0 Å². The SMILES string of the molecule is C=C(C)C(=O)OC1CCC1(CC)OC(C)C(C)(O)C(F)(F)F. The van der Waals surface area contributed by atoms with E-state index in [1.165, 1.54) is 13.8 Å². The molecule has 4 unspecified atom stereocenters. The summed E-state index contributed by atoms with van der Waals surface area (Å²) < 4.78 is 49.4. The molecule has 0 aromatic carbocycles. The summed E-state index contributed by atoms with van der Waals surface area (Å²) in [4.78, 5) is 11.6. The molecule has 0 aromatic rings. The lowest BCUT2D eigenvalue weighted by Crippen LogP contribution is -2.61. The molecule has 0 bridgehead atoms. The second-order valence-corrected chi connectivity index (χ2v) is 6.04. The third-order valence-electron chi connectivity index (χ3n) is 4.39. The van der Waals surface area contributed by atoms with Crippen molar-refractivity contribution in [3.63, 3.8) is 0 Å². The molecule has 0 saturated heterocycles. The molecule has 4 atom stereocenters. The molecule has 0 radical (unpaired) electrons. The largest absolute Gasteiger partial charge is 0.456 e. The van der Waals surface area contributed by atoms with Gasteiger partial charge in [-0.2, -0.15) is 13.2 Å². The number of rotatable bonds is 6. The number of carbonyl (C=O) groups is 1. The molecule has 128 valence electrons. The summed E-state index contributed by atoms with van der Waals surface area (Å²) in [6, 6.07) is 0. The Hall–Kier alpha value is -1.08. The van der Waals surface area contributed by atoms with Gasteiger partial charge in [-0.25, -0.2) is 4.79 Å². The number of carbonyl (C=O) groups excluding carboxylic acids is 1. The summed E-state index contributed by atoms with van der Waals surface area (Å²) in [5.74, 6) is -0.596. The van der Waals surface area contributed by atoms with Crippen LogP contribution in [0.15, 0.2) is 12.2 Å². The van der Waals surface area contributed by atoms with Gasteiger partial charge in [-0.15, -0.1) is 0 Å². The van der Waals surface area contributed by atoms with Crippen molar-refractivity contribution in [2.24, 2.45) is 0 Å². The fourth-order valence-corrected chi connectivity index (χ4v) is 2.30. The van der Waals surface area contributed by atoms with Gasteiger partial charge in [0.25, 0.3) is 0 Å². The van der Waals surface area contributed by atoms with Crippen LogP contribution >= 0.6 is 0 Å². The summed E-state index contributed by atoms with van der Waals surface area (Å²) >= 11 is 0. The first-order chi connectivity index (χ1) is 9.87. The van der Waals surface area contributed by atoms with Gasteiger partial charge in [0.2, 0.25) is 0 Å². The molecule has 0 amide bonds. The number of aliphatic hydroxyl groups is 1. The molecule has 1 aliphatic carbocycles. The average Bonchev–Trinajstić information content (AvgIpc) is 2.38. The molecule has 1 aliphatic rings. The first-order valence-corrected chi connectivity index (χ1v) is 7.21. The lowest BCUT2D eigenvalue weighted by molar-refractivity contribution is -0.316. The molecular weight excluding hydrogens is 301 g/mol. The zero-order valence-corrected chi connectivity index (χ0v) is 13.3. The molecule has 4 nitrogen and oxygen atoms in total. The van der Waals surface area contributed by atoms with E-state index >= 15 is 0 Å². The standard InChI is InChI=1S/C15H23F3O4/c1-6-14(8-7-11(14)21-12(19)9(2)3)22-10(4)13(5,20)15(16,17)18/h10-11,20H,2,6-8H2,1,3-5H3. The highest BCUT2D eigenvalue weighted by Crippen LogP contribution is 2.45. The van der Waals surface area contributed by atoms with Gasteiger partial charge < -0.3 is 14.6 Å². The maximum Gasteiger partial charge on any atom is 0.419 e. The number of ether oxygens (including phenoxy) is 2. The van der Waals surface area contributed by atoms with Crippen molar-refractivity contribution in [1.82, 2.24) is 0 Å². The van der Waals surface area contributed by atoms with E-state index in [0.29, 0.717) is 26.2 Å². The van der Waals surface area contributed by atoms with E-state index < -0.39 is 35.6 Å². The molecule has 7 heteroatoms.